The molecular formula is C43H51N7O7S2. The first kappa shape index (κ1) is 43.0. The first-order valence-electron chi connectivity index (χ1n) is 19.9. The van der Waals surface area contributed by atoms with Crippen molar-refractivity contribution in [2.75, 3.05) is 20.1 Å². The molecule has 1 aliphatic carbocycles. The number of guanidine groups is 1. The number of aliphatic imine (C=N–C) groups is 1. The third-order valence-corrected chi connectivity index (χ3v) is 13.1. The molecule has 14 nitrogen and oxygen atoms in total. The topological polar surface area (TPSA) is 193 Å². The zero-order valence-corrected chi connectivity index (χ0v) is 35.0. The lowest BCUT2D eigenvalue weighted by Gasteiger charge is -2.33. The van der Waals surface area contributed by atoms with E-state index in [4.69, 9.17) is 10.5 Å². The SMILES string of the molecule is Cc1ccc(S(=O)(=O)NC(N)=NCCC[C@H](NC(=O)[C@@H]2CCCN2C(=O)[C@@H](Cc2ccccc2)N(C)C(=O)OCc2ccccc2)C(=O)c2nc3c(s2)CCCC3)cc1. The van der Waals surface area contributed by atoms with E-state index < -0.39 is 46.1 Å². The van der Waals surface area contributed by atoms with E-state index in [1.807, 2.05) is 67.6 Å². The van der Waals surface area contributed by atoms with Crippen LogP contribution in [0.3, 0.4) is 0 Å². The minimum absolute atomic E-state index is 0.0312. The van der Waals surface area contributed by atoms with E-state index in [9.17, 15) is 27.6 Å². The van der Waals surface area contributed by atoms with Crippen LogP contribution >= 0.6 is 11.3 Å². The molecule has 0 saturated carbocycles. The van der Waals surface area contributed by atoms with Crippen LogP contribution in [0, 0.1) is 6.92 Å². The molecule has 4 aromatic rings. The standard InChI is InChI=1S/C43H51N7O7S2/c1-29-21-23-32(24-22-29)59(55,56)48-42(44)45-25-11-18-34(38(51)40-47-33-17-9-10-20-37(33)58-40)46-39(52)35-19-12-26-50(35)41(53)36(27-30-13-5-3-6-14-30)49(2)43(54)57-28-31-15-7-4-8-16-31/h3-8,13-16,21-24,34-36H,9-12,17-20,25-28H2,1-2H3,(H,46,52)(H3,44,45,48)/t34-,35-,36+/m0/s1. The van der Waals surface area contributed by atoms with Crippen LogP contribution in [0.5, 0.6) is 0 Å². The predicted molar refractivity (Wildman–Crippen MR) is 225 cm³/mol. The second-order valence-corrected chi connectivity index (χ2v) is 17.7. The molecule has 3 amide bonds. The number of hydrogen-bond acceptors (Lipinski definition) is 10. The quantitative estimate of drug-likeness (QED) is 0.0607. The van der Waals surface area contributed by atoms with Crippen LogP contribution in [-0.2, 0) is 50.2 Å². The number of carbonyl (C=O) groups is 4. The molecular weight excluding hydrogens is 791 g/mol. The van der Waals surface area contributed by atoms with Gasteiger partial charge in [0.05, 0.1) is 16.6 Å². The molecule has 1 aromatic heterocycles. The summed E-state index contributed by atoms with van der Waals surface area (Å²) in [5, 5.41) is 3.26. The highest BCUT2D eigenvalue weighted by atomic mass is 32.2. The molecule has 59 heavy (non-hydrogen) atoms. The Hall–Kier alpha value is -5.61. The summed E-state index contributed by atoms with van der Waals surface area (Å²) in [5.74, 6) is -1.53. The zero-order chi connectivity index (χ0) is 41.9. The lowest BCUT2D eigenvalue weighted by atomic mass is 10.0. The Labute approximate surface area is 349 Å². The molecule has 2 heterocycles. The van der Waals surface area contributed by atoms with Crippen LogP contribution in [0.4, 0.5) is 4.79 Å². The minimum atomic E-state index is -3.95. The molecule has 0 bridgehead atoms. The Kier molecular flexibility index (Phi) is 14.5. The van der Waals surface area contributed by atoms with E-state index in [0.29, 0.717) is 24.4 Å². The van der Waals surface area contributed by atoms with E-state index in [1.165, 1.54) is 40.3 Å². The Bertz CT molecular complexity index is 2210. The van der Waals surface area contributed by atoms with Gasteiger partial charge in [-0.1, -0.05) is 78.4 Å². The normalized spacial score (nSPS) is 16.4. The molecule has 1 aliphatic heterocycles. The van der Waals surface area contributed by atoms with E-state index >= 15 is 0 Å². The number of aryl methyl sites for hydroxylation is 3. The number of aromatic nitrogens is 1. The number of fused-ring (bicyclic) bond motifs is 1. The van der Waals surface area contributed by atoms with Gasteiger partial charge in [0.1, 0.15) is 18.7 Å². The summed E-state index contributed by atoms with van der Waals surface area (Å²) >= 11 is 1.35. The van der Waals surface area contributed by atoms with E-state index in [1.54, 1.807) is 12.1 Å². The van der Waals surface area contributed by atoms with Crippen molar-refractivity contribution in [3.63, 3.8) is 0 Å². The Balaban J connectivity index is 1.16. The Morgan fingerprint density at radius 3 is 2.34 bits per heavy atom. The highest BCUT2D eigenvalue weighted by Gasteiger charge is 2.41. The van der Waals surface area contributed by atoms with Crippen LogP contribution in [0.25, 0.3) is 0 Å². The van der Waals surface area contributed by atoms with Crippen LogP contribution < -0.4 is 15.8 Å². The van der Waals surface area contributed by atoms with Crippen molar-refractivity contribution in [1.82, 2.24) is 24.8 Å². The number of Topliss-reactive ketones (excluding diaryl/α,β-unsaturated/α-hetero) is 1. The largest absolute Gasteiger partial charge is 0.445 e. The number of nitrogens with one attached hydrogen (secondary N) is 2. The lowest BCUT2D eigenvalue weighted by molar-refractivity contribution is -0.142. The maximum absolute atomic E-state index is 14.5. The number of amides is 3. The van der Waals surface area contributed by atoms with Gasteiger partial charge in [0, 0.05) is 31.4 Å². The number of likely N-dealkylation sites (N-methyl/N-ethyl adjacent to an activating group) is 1. The fourth-order valence-corrected chi connectivity index (χ4v) is 9.35. The maximum Gasteiger partial charge on any atom is 0.410 e. The lowest BCUT2D eigenvalue weighted by Crippen LogP contribution is -2.56. The average molecular weight is 842 g/mol. The summed E-state index contributed by atoms with van der Waals surface area (Å²) in [6.45, 7) is 2.24. The van der Waals surface area contributed by atoms with Gasteiger partial charge < -0.3 is 20.7 Å². The molecule has 16 heteroatoms. The number of sulfonamides is 1. The van der Waals surface area contributed by atoms with Crippen molar-refractivity contribution in [1.29, 1.82) is 0 Å². The first-order chi connectivity index (χ1) is 28.4. The van der Waals surface area contributed by atoms with Gasteiger partial charge in [-0.25, -0.2) is 22.9 Å². The number of ketones is 1. The van der Waals surface area contributed by atoms with Crippen molar-refractivity contribution in [3.8, 4) is 0 Å². The van der Waals surface area contributed by atoms with E-state index in [-0.39, 0.29) is 49.1 Å². The summed E-state index contributed by atoms with van der Waals surface area (Å²) in [4.78, 5) is 68.9. The summed E-state index contributed by atoms with van der Waals surface area (Å²) in [5.41, 5.74) is 9.41. The fourth-order valence-electron chi connectivity index (χ4n) is 7.25. The molecule has 312 valence electrons. The molecule has 0 spiro atoms. The predicted octanol–water partition coefficient (Wildman–Crippen LogP) is 4.94. The molecule has 3 atom stereocenters. The molecule has 1 saturated heterocycles. The van der Waals surface area contributed by atoms with Crippen molar-refractivity contribution >= 4 is 51.0 Å². The zero-order valence-electron chi connectivity index (χ0n) is 33.3. The van der Waals surface area contributed by atoms with Gasteiger partial charge in [0.2, 0.25) is 23.6 Å². The Morgan fingerprint density at radius 1 is 0.966 bits per heavy atom. The number of hydrogen-bond donors (Lipinski definition) is 3. The number of benzene rings is 3. The molecule has 3 aromatic carbocycles. The minimum Gasteiger partial charge on any atom is -0.445 e. The van der Waals surface area contributed by atoms with Crippen LogP contribution in [-0.4, -0.2) is 91.1 Å². The smallest absolute Gasteiger partial charge is 0.410 e. The fraction of sp³-hybridized carbons (Fsp3) is 0.395. The number of rotatable bonds is 16. The third kappa shape index (κ3) is 11.3. The number of nitrogens with two attached hydrogens (primary N) is 1. The average Bonchev–Trinajstić information content (AvgIpc) is 3.92. The maximum atomic E-state index is 14.5. The molecule has 1 fully saturated rings. The summed E-state index contributed by atoms with van der Waals surface area (Å²) in [7, 11) is -2.43. The highest BCUT2D eigenvalue weighted by Crippen LogP contribution is 2.28. The summed E-state index contributed by atoms with van der Waals surface area (Å²) in [6.07, 6.45) is 4.53. The van der Waals surface area contributed by atoms with Crippen LogP contribution in [0.2, 0.25) is 0 Å². The van der Waals surface area contributed by atoms with Gasteiger partial charge in [0.15, 0.2) is 5.01 Å². The number of ether oxygens (including phenoxy) is 1. The van der Waals surface area contributed by atoms with E-state index in [0.717, 1.165) is 52.9 Å². The summed E-state index contributed by atoms with van der Waals surface area (Å²) < 4.78 is 33.5. The second kappa shape index (κ2) is 19.9. The first-order valence-corrected chi connectivity index (χ1v) is 22.2. The number of nitrogens with zero attached hydrogens (tertiary/aromatic N) is 4. The van der Waals surface area contributed by atoms with Gasteiger partial charge in [-0.2, -0.15) is 0 Å². The number of carbonyl (C=O) groups excluding carboxylic acids is 4. The van der Waals surface area contributed by atoms with Gasteiger partial charge >= 0.3 is 6.09 Å². The van der Waals surface area contributed by atoms with E-state index in [2.05, 4.69) is 20.0 Å². The number of thiazole rings is 1. The van der Waals surface area contributed by atoms with Gasteiger partial charge in [0.25, 0.3) is 10.0 Å². The molecule has 6 rings (SSSR count). The summed E-state index contributed by atoms with van der Waals surface area (Å²) in [6, 6.07) is 22.0. The molecule has 0 unspecified atom stereocenters. The monoisotopic (exact) mass is 841 g/mol. The van der Waals surface area contributed by atoms with Crippen molar-refractivity contribution in [3.05, 3.63) is 117 Å². The van der Waals surface area contributed by atoms with Crippen molar-refractivity contribution < 1.29 is 32.3 Å². The molecule has 4 N–H and O–H groups in total. The van der Waals surface area contributed by atoms with Gasteiger partial charge in [-0.3, -0.25) is 24.3 Å². The molecule has 0 radical (unpaired) electrons. The van der Waals surface area contributed by atoms with Crippen LogP contribution in [0.1, 0.15) is 75.6 Å². The van der Waals surface area contributed by atoms with Crippen molar-refractivity contribution in [2.45, 2.75) is 94.3 Å². The van der Waals surface area contributed by atoms with Gasteiger partial charge in [-0.15, -0.1) is 11.3 Å². The Morgan fingerprint density at radius 2 is 1.64 bits per heavy atom. The second-order valence-electron chi connectivity index (χ2n) is 14.9. The third-order valence-electron chi connectivity index (χ3n) is 10.5. The van der Waals surface area contributed by atoms with Crippen LogP contribution in [0.15, 0.2) is 94.8 Å². The highest BCUT2D eigenvalue weighted by molar-refractivity contribution is 7.90. The molecule has 2 aliphatic rings. The van der Waals surface area contributed by atoms with Crippen molar-refractivity contribution in [2.24, 2.45) is 10.7 Å². The number of likely N-dealkylation sites (tertiary alicyclic amines) is 1. The van der Waals surface area contributed by atoms with Gasteiger partial charge in [-0.05, 0) is 81.5 Å².